The molecule has 0 aliphatic heterocycles. The van der Waals surface area contributed by atoms with Crippen molar-refractivity contribution >= 4 is 12.4 Å². The molecule has 0 amide bonds. The van der Waals surface area contributed by atoms with Gasteiger partial charge in [0.1, 0.15) is 11.6 Å². The van der Waals surface area contributed by atoms with E-state index < -0.39 is 0 Å². The van der Waals surface area contributed by atoms with E-state index >= 15 is 0 Å². The van der Waals surface area contributed by atoms with E-state index in [1.165, 1.54) is 19.2 Å². The first-order valence-corrected chi connectivity index (χ1v) is 5.13. The molecule has 0 heterocycles. The van der Waals surface area contributed by atoms with Crippen LogP contribution in [0, 0.1) is 11.7 Å². The van der Waals surface area contributed by atoms with E-state index in [-0.39, 0.29) is 24.3 Å². The largest absolute Gasteiger partial charge is 0.496 e. The highest BCUT2D eigenvalue weighted by molar-refractivity contribution is 5.85. The molecule has 0 radical (unpaired) electrons. The summed E-state index contributed by atoms with van der Waals surface area (Å²) in [6.45, 7) is 4.21. The number of nitrogens with two attached hydrogens (primary N) is 1. The van der Waals surface area contributed by atoms with Gasteiger partial charge in [-0.25, -0.2) is 4.39 Å². The predicted octanol–water partition coefficient (Wildman–Crippen LogP) is 3.30. The molecule has 16 heavy (non-hydrogen) atoms. The number of ether oxygens (including phenoxy) is 1. The fourth-order valence-electron chi connectivity index (χ4n) is 1.63. The average Bonchev–Trinajstić information content (AvgIpc) is 2.16. The topological polar surface area (TPSA) is 35.2 Å². The summed E-state index contributed by atoms with van der Waals surface area (Å²) in [5.74, 6) is 0.741. The molecule has 0 aliphatic carbocycles. The maximum atomic E-state index is 12.9. The molecule has 0 aliphatic rings. The van der Waals surface area contributed by atoms with Crippen molar-refractivity contribution in [3.05, 3.63) is 29.6 Å². The van der Waals surface area contributed by atoms with Crippen LogP contribution in [0.1, 0.15) is 31.9 Å². The van der Waals surface area contributed by atoms with Gasteiger partial charge in [-0.2, -0.15) is 0 Å². The van der Waals surface area contributed by atoms with E-state index in [1.54, 1.807) is 6.07 Å². The van der Waals surface area contributed by atoms with Crippen LogP contribution in [0.25, 0.3) is 0 Å². The average molecular weight is 248 g/mol. The Bertz CT molecular complexity index is 331. The number of rotatable bonds is 4. The van der Waals surface area contributed by atoms with Crippen molar-refractivity contribution in [2.24, 2.45) is 11.7 Å². The number of halogens is 2. The summed E-state index contributed by atoms with van der Waals surface area (Å²) < 4.78 is 18.0. The fraction of sp³-hybridized carbons (Fsp3) is 0.500. The fourth-order valence-corrected chi connectivity index (χ4v) is 1.63. The van der Waals surface area contributed by atoms with Crippen molar-refractivity contribution in [1.82, 2.24) is 0 Å². The van der Waals surface area contributed by atoms with Gasteiger partial charge in [-0.05, 0) is 18.4 Å². The summed E-state index contributed by atoms with van der Waals surface area (Å²) in [7, 11) is 1.53. The van der Waals surface area contributed by atoms with Crippen LogP contribution < -0.4 is 10.5 Å². The minimum atomic E-state index is -0.299. The van der Waals surface area contributed by atoms with Crippen LogP contribution in [-0.2, 0) is 0 Å². The van der Waals surface area contributed by atoms with Crippen LogP contribution in [0.5, 0.6) is 5.75 Å². The summed E-state index contributed by atoms with van der Waals surface area (Å²) in [5.41, 5.74) is 6.89. The van der Waals surface area contributed by atoms with Gasteiger partial charge in [0.15, 0.2) is 0 Å². The van der Waals surface area contributed by atoms with E-state index in [4.69, 9.17) is 10.5 Å². The molecule has 0 fully saturated rings. The van der Waals surface area contributed by atoms with Crippen molar-refractivity contribution < 1.29 is 9.13 Å². The number of hydrogen-bond donors (Lipinski definition) is 1. The summed E-state index contributed by atoms with van der Waals surface area (Å²) in [5, 5.41) is 0. The van der Waals surface area contributed by atoms with Gasteiger partial charge in [-0.15, -0.1) is 12.4 Å². The van der Waals surface area contributed by atoms with Crippen molar-refractivity contribution in [1.29, 1.82) is 0 Å². The molecule has 92 valence electrons. The Morgan fingerprint density at radius 1 is 1.38 bits per heavy atom. The summed E-state index contributed by atoms with van der Waals surface area (Å²) >= 11 is 0. The first kappa shape index (κ1) is 15.2. The molecular weight excluding hydrogens is 229 g/mol. The van der Waals surface area contributed by atoms with Crippen molar-refractivity contribution in [3.8, 4) is 5.75 Å². The van der Waals surface area contributed by atoms with Crippen LogP contribution >= 0.6 is 12.4 Å². The Balaban J connectivity index is 0.00000225. The molecule has 1 rings (SSSR count). The van der Waals surface area contributed by atoms with Gasteiger partial charge >= 0.3 is 0 Å². The van der Waals surface area contributed by atoms with E-state index in [0.717, 1.165) is 12.0 Å². The molecule has 2 N–H and O–H groups in total. The lowest BCUT2D eigenvalue weighted by atomic mass is 9.97. The van der Waals surface area contributed by atoms with Gasteiger partial charge in [0.05, 0.1) is 7.11 Å². The van der Waals surface area contributed by atoms with E-state index in [0.29, 0.717) is 11.7 Å². The summed E-state index contributed by atoms with van der Waals surface area (Å²) in [6.07, 6.45) is 0.863. The lowest BCUT2D eigenvalue weighted by molar-refractivity contribution is 0.396. The van der Waals surface area contributed by atoms with Crippen molar-refractivity contribution in [3.63, 3.8) is 0 Å². The van der Waals surface area contributed by atoms with Crippen LogP contribution in [0.2, 0.25) is 0 Å². The van der Waals surface area contributed by atoms with E-state index in [2.05, 4.69) is 13.8 Å². The maximum absolute atomic E-state index is 12.9. The molecule has 0 saturated heterocycles. The van der Waals surface area contributed by atoms with Gasteiger partial charge in [0, 0.05) is 17.7 Å². The molecule has 2 nitrogen and oxygen atoms in total. The quantitative estimate of drug-likeness (QED) is 0.886. The standard InChI is InChI=1S/C12H18FNO.ClH/c1-8(2)6-11(14)10-5-4-9(13)7-12(10)15-3;/h4-5,7-8,11H,6,14H2,1-3H3;1H/t11-;/m0./s1. The number of benzene rings is 1. The first-order chi connectivity index (χ1) is 7.04. The molecule has 0 saturated carbocycles. The van der Waals surface area contributed by atoms with Gasteiger partial charge < -0.3 is 10.5 Å². The SMILES string of the molecule is COc1cc(F)ccc1[C@@H](N)CC(C)C.Cl. The van der Waals surface area contributed by atoms with Gasteiger partial charge in [-0.1, -0.05) is 19.9 Å². The lowest BCUT2D eigenvalue weighted by Crippen LogP contribution is -2.14. The van der Waals surface area contributed by atoms with Gasteiger partial charge in [-0.3, -0.25) is 0 Å². The Morgan fingerprint density at radius 3 is 2.50 bits per heavy atom. The maximum Gasteiger partial charge on any atom is 0.126 e. The third-order valence-corrected chi connectivity index (χ3v) is 2.32. The smallest absolute Gasteiger partial charge is 0.126 e. The van der Waals surface area contributed by atoms with Crippen LogP contribution in [0.4, 0.5) is 4.39 Å². The van der Waals surface area contributed by atoms with Crippen LogP contribution in [0.3, 0.4) is 0 Å². The second-order valence-corrected chi connectivity index (χ2v) is 4.12. The Kier molecular flexibility index (Phi) is 6.38. The third-order valence-electron chi connectivity index (χ3n) is 2.32. The summed E-state index contributed by atoms with van der Waals surface area (Å²) in [4.78, 5) is 0. The zero-order valence-corrected chi connectivity index (χ0v) is 10.7. The minimum absolute atomic E-state index is 0. The highest BCUT2D eigenvalue weighted by atomic mass is 35.5. The van der Waals surface area contributed by atoms with Crippen LogP contribution in [0.15, 0.2) is 18.2 Å². The summed E-state index contributed by atoms with van der Waals surface area (Å²) in [6, 6.07) is 4.38. The minimum Gasteiger partial charge on any atom is -0.496 e. The molecule has 0 spiro atoms. The molecule has 0 unspecified atom stereocenters. The molecule has 0 aromatic heterocycles. The second kappa shape index (κ2) is 6.71. The highest BCUT2D eigenvalue weighted by Crippen LogP contribution is 2.28. The third kappa shape index (κ3) is 3.99. The highest BCUT2D eigenvalue weighted by Gasteiger charge is 2.13. The normalized spacial score (nSPS) is 12.1. The molecule has 0 bridgehead atoms. The van der Waals surface area contributed by atoms with E-state index in [9.17, 15) is 4.39 Å². The van der Waals surface area contributed by atoms with Gasteiger partial charge in [0.25, 0.3) is 0 Å². The molecular formula is C12H19ClFNO. The molecule has 1 aromatic rings. The number of methoxy groups -OCH3 is 1. The molecule has 4 heteroatoms. The zero-order valence-electron chi connectivity index (χ0n) is 9.87. The monoisotopic (exact) mass is 247 g/mol. The van der Waals surface area contributed by atoms with E-state index in [1.807, 2.05) is 0 Å². The number of hydrogen-bond acceptors (Lipinski definition) is 2. The van der Waals surface area contributed by atoms with Crippen LogP contribution in [-0.4, -0.2) is 7.11 Å². The van der Waals surface area contributed by atoms with Gasteiger partial charge in [0.2, 0.25) is 0 Å². The second-order valence-electron chi connectivity index (χ2n) is 4.12. The first-order valence-electron chi connectivity index (χ1n) is 5.13. The Labute approximate surface area is 102 Å². The Hall–Kier alpha value is -0.800. The Morgan fingerprint density at radius 2 is 2.00 bits per heavy atom. The molecule has 1 aromatic carbocycles. The zero-order chi connectivity index (χ0) is 11.4. The van der Waals surface area contributed by atoms with Crippen molar-refractivity contribution in [2.75, 3.05) is 7.11 Å². The van der Waals surface area contributed by atoms with Crippen molar-refractivity contribution in [2.45, 2.75) is 26.3 Å². The lowest BCUT2D eigenvalue weighted by Gasteiger charge is -2.17. The molecule has 1 atom stereocenters. The predicted molar refractivity (Wildman–Crippen MR) is 66.6 cm³/mol.